The van der Waals surface area contributed by atoms with Gasteiger partial charge in [0.2, 0.25) is 5.91 Å². The number of carbonyl (C=O) groups is 2. The molecule has 1 saturated carbocycles. The minimum Gasteiger partial charge on any atom is -0.361 e. The van der Waals surface area contributed by atoms with Gasteiger partial charge in [0, 0.05) is 12.6 Å². The fraction of sp³-hybridized carbons (Fsp3) is 0.737. The highest BCUT2D eigenvalue weighted by atomic mass is 16.7. The zero-order chi connectivity index (χ0) is 18.9. The lowest BCUT2D eigenvalue weighted by atomic mass is 10.2. The quantitative estimate of drug-likeness (QED) is 0.811. The molecule has 2 heterocycles. The summed E-state index contributed by atoms with van der Waals surface area (Å²) in [5.74, 6) is 0.192. The number of likely N-dealkylation sites (tertiary alicyclic amines) is 1. The van der Waals surface area contributed by atoms with Crippen LogP contribution in [-0.4, -0.2) is 40.6 Å². The molecular formula is C19H31N3O4. The highest BCUT2D eigenvalue weighted by Crippen LogP contribution is 2.22. The zero-order valence-electron chi connectivity index (χ0n) is 16.1. The van der Waals surface area contributed by atoms with Gasteiger partial charge in [0.25, 0.3) is 5.91 Å². The van der Waals surface area contributed by atoms with E-state index in [-0.39, 0.29) is 24.3 Å². The Bertz CT molecular complexity index is 581. The number of hydrogen-bond acceptors (Lipinski definition) is 5. The van der Waals surface area contributed by atoms with E-state index in [2.05, 4.69) is 24.5 Å². The van der Waals surface area contributed by atoms with E-state index in [1.54, 1.807) is 11.0 Å². The summed E-state index contributed by atoms with van der Waals surface area (Å²) in [4.78, 5) is 31.8. The standard InChI is InChI=1S/C16H23N3O4.C3H8/c1-11-9-13(23-17-11)10-15(20)19-8-4-7-14(19)16(21)18-22-12-5-2-3-6-12;1-3-2/h9,12,14H,2-8,10H2,1H3,(H,18,21);3H2,1-2H3. The third-order valence-corrected chi connectivity index (χ3v) is 4.51. The number of aryl methyl sites for hydroxylation is 1. The van der Waals surface area contributed by atoms with Crippen molar-refractivity contribution < 1.29 is 18.9 Å². The summed E-state index contributed by atoms with van der Waals surface area (Å²) in [7, 11) is 0. The molecule has 7 nitrogen and oxygen atoms in total. The molecule has 1 atom stereocenters. The topological polar surface area (TPSA) is 84.7 Å². The molecule has 1 unspecified atom stereocenters. The van der Waals surface area contributed by atoms with Gasteiger partial charge >= 0.3 is 0 Å². The van der Waals surface area contributed by atoms with E-state index in [1.165, 1.54) is 6.42 Å². The van der Waals surface area contributed by atoms with Gasteiger partial charge in [0.1, 0.15) is 11.8 Å². The Labute approximate surface area is 155 Å². The molecule has 0 spiro atoms. The number of rotatable bonds is 5. The lowest BCUT2D eigenvalue weighted by Gasteiger charge is -2.24. The fourth-order valence-corrected chi connectivity index (χ4v) is 3.30. The average Bonchev–Trinajstić information content (AvgIpc) is 3.35. The Balaban J connectivity index is 0.000000758. The van der Waals surface area contributed by atoms with Gasteiger partial charge in [-0.2, -0.15) is 0 Å². The van der Waals surface area contributed by atoms with Gasteiger partial charge in [-0.3, -0.25) is 14.4 Å². The number of nitrogens with one attached hydrogen (secondary N) is 1. The van der Waals surface area contributed by atoms with E-state index in [0.717, 1.165) is 37.8 Å². The minimum absolute atomic E-state index is 0.111. The molecule has 0 bridgehead atoms. The molecule has 1 N–H and O–H groups in total. The number of aromatic nitrogens is 1. The molecule has 1 aromatic heterocycles. The van der Waals surface area contributed by atoms with Crippen molar-refractivity contribution >= 4 is 11.8 Å². The van der Waals surface area contributed by atoms with Crippen LogP contribution in [-0.2, 0) is 20.8 Å². The third-order valence-electron chi connectivity index (χ3n) is 4.51. The summed E-state index contributed by atoms with van der Waals surface area (Å²) < 4.78 is 5.08. The van der Waals surface area contributed by atoms with Crippen LogP contribution in [0, 0.1) is 6.92 Å². The second-order valence-corrected chi connectivity index (χ2v) is 7.05. The summed E-state index contributed by atoms with van der Waals surface area (Å²) in [5.41, 5.74) is 3.29. The van der Waals surface area contributed by atoms with Crippen LogP contribution in [0.3, 0.4) is 0 Å². The number of hydroxylamine groups is 1. The van der Waals surface area contributed by atoms with Gasteiger partial charge in [-0.15, -0.1) is 0 Å². The van der Waals surface area contributed by atoms with Crippen LogP contribution >= 0.6 is 0 Å². The van der Waals surface area contributed by atoms with Crippen molar-refractivity contribution in [3.8, 4) is 0 Å². The fourth-order valence-electron chi connectivity index (χ4n) is 3.30. The predicted molar refractivity (Wildman–Crippen MR) is 97.1 cm³/mol. The molecule has 2 amide bonds. The lowest BCUT2D eigenvalue weighted by Crippen LogP contribution is -2.47. The van der Waals surface area contributed by atoms with Crippen LogP contribution in [0.5, 0.6) is 0 Å². The first-order valence-electron chi connectivity index (χ1n) is 9.72. The van der Waals surface area contributed by atoms with Gasteiger partial charge in [-0.05, 0) is 32.6 Å². The van der Waals surface area contributed by atoms with Crippen LogP contribution in [0.1, 0.15) is 70.2 Å². The van der Waals surface area contributed by atoms with Crippen molar-refractivity contribution in [1.29, 1.82) is 0 Å². The molecule has 2 fully saturated rings. The van der Waals surface area contributed by atoms with Gasteiger partial charge in [0.05, 0.1) is 18.2 Å². The summed E-state index contributed by atoms with van der Waals surface area (Å²) in [5, 5.41) is 3.78. The Kier molecular flexibility index (Phi) is 8.09. The SMILES string of the molecule is CCC.Cc1cc(CC(=O)N2CCCC2C(=O)NOC2CCCC2)on1. The molecule has 0 aromatic carbocycles. The maximum absolute atomic E-state index is 12.4. The van der Waals surface area contributed by atoms with Crippen molar-refractivity contribution in [2.24, 2.45) is 0 Å². The van der Waals surface area contributed by atoms with E-state index in [9.17, 15) is 9.59 Å². The lowest BCUT2D eigenvalue weighted by molar-refractivity contribution is -0.148. The maximum atomic E-state index is 12.4. The van der Waals surface area contributed by atoms with Gasteiger partial charge in [-0.1, -0.05) is 38.3 Å². The summed E-state index contributed by atoms with van der Waals surface area (Å²) >= 11 is 0. The highest BCUT2D eigenvalue weighted by molar-refractivity contribution is 5.88. The van der Waals surface area contributed by atoms with Crippen LogP contribution in [0.2, 0.25) is 0 Å². The molecule has 1 saturated heterocycles. The van der Waals surface area contributed by atoms with E-state index in [0.29, 0.717) is 18.7 Å². The number of amides is 2. The largest absolute Gasteiger partial charge is 0.361 e. The second-order valence-electron chi connectivity index (χ2n) is 7.05. The first kappa shape index (κ1) is 20.4. The molecule has 1 aromatic rings. The maximum Gasteiger partial charge on any atom is 0.266 e. The zero-order valence-corrected chi connectivity index (χ0v) is 16.1. The second kappa shape index (κ2) is 10.3. The Morgan fingerprint density at radius 2 is 1.96 bits per heavy atom. The van der Waals surface area contributed by atoms with Crippen molar-refractivity contribution in [1.82, 2.24) is 15.5 Å². The van der Waals surface area contributed by atoms with Crippen LogP contribution in [0.25, 0.3) is 0 Å². The van der Waals surface area contributed by atoms with E-state index in [1.807, 2.05) is 6.92 Å². The molecule has 3 rings (SSSR count). The van der Waals surface area contributed by atoms with Gasteiger partial charge in [0.15, 0.2) is 0 Å². The molecule has 1 aliphatic carbocycles. The summed E-state index contributed by atoms with van der Waals surface area (Å²) in [6.07, 6.45) is 7.24. The molecule has 7 heteroatoms. The predicted octanol–water partition coefficient (Wildman–Crippen LogP) is 2.92. The van der Waals surface area contributed by atoms with Crippen molar-refractivity contribution in [3.63, 3.8) is 0 Å². The third kappa shape index (κ3) is 5.83. The molecule has 146 valence electrons. The van der Waals surface area contributed by atoms with Crippen molar-refractivity contribution in [2.75, 3.05) is 6.54 Å². The first-order chi connectivity index (χ1) is 12.5. The first-order valence-corrected chi connectivity index (χ1v) is 9.72. The van der Waals surface area contributed by atoms with Crippen molar-refractivity contribution in [2.45, 2.75) is 84.3 Å². The molecule has 1 aliphatic heterocycles. The molecule has 2 aliphatic rings. The Morgan fingerprint density at radius 1 is 1.27 bits per heavy atom. The van der Waals surface area contributed by atoms with Gasteiger partial charge in [-0.25, -0.2) is 5.48 Å². The monoisotopic (exact) mass is 365 g/mol. The minimum atomic E-state index is -0.451. The number of nitrogens with zero attached hydrogens (tertiary/aromatic N) is 2. The number of carbonyl (C=O) groups excluding carboxylic acids is 2. The normalized spacial score (nSPS) is 20.0. The van der Waals surface area contributed by atoms with Crippen molar-refractivity contribution in [3.05, 3.63) is 17.5 Å². The van der Waals surface area contributed by atoms with Crippen LogP contribution < -0.4 is 5.48 Å². The summed E-state index contributed by atoms with van der Waals surface area (Å²) in [6.45, 7) is 6.65. The Morgan fingerprint density at radius 3 is 2.58 bits per heavy atom. The van der Waals surface area contributed by atoms with Gasteiger partial charge < -0.3 is 9.42 Å². The highest BCUT2D eigenvalue weighted by Gasteiger charge is 2.35. The van der Waals surface area contributed by atoms with E-state index >= 15 is 0 Å². The number of hydrogen-bond donors (Lipinski definition) is 1. The van der Waals surface area contributed by atoms with E-state index in [4.69, 9.17) is 9.36 Å². The van der Waals surface area contributed by atoms with Crippen LogP contribution in [0.15, 0.2) is 10.6 Å². The Hall–Kier alpha value is -1.89. The smallest absolute Gasteiger partial charge is 0.266 e. The molecule has 26 heavy (non-hydrogen) atoms. The summed E-state index contributed by atoms with van der Waals surface area (Å²) in [6, 6.07) is 1.29. The molecular weight excluding hydrogens is 334 g/mol. The van der Waals surface area contributed by atoms with Crippen LogP contribution in [0.4, 0.5) is 0 Å². The molecule has 0 radical (unpaired) electrons. The average molecular weight is 365 g/mol. The van der Waals surface area contributed by atoms with E-state index < -0.39 is 6.04 Å².